The van der Waals surface area contributed by atoms with Crippen molar-refractivity contribution in [2.45, 2.75) is 26.3 Å². The third kappa shape index (κ3) is 4.78. The first kappa shape index (κ1) is 20.5. The van der Waals surface area contributed by atoms with E-state index in [0.29, 0.717) is 18.2 Å². The van der Waals surface area contributed by atoms with Crippen molar-refractivity contribution in [3.8, 4) is 0 Å². The first-order valence-electron chi connectivity index (χ1n) is 9.45. The molecule has 0 bridgehead atoms. The molecule has 29 heavy (non-hydrogen) atoms. The van der Waals surface area contributed by atoms with Crippen molar-refractivity contribution < 1.29 is 9.18 Å². The summed E-state index contributed by atoms with van der Waals surface area (Å²) in [7, 11) is 0. The molecule has 2 heterocycles. The molecule has 8 heteroatoms. The summed E-state index contributed by atoms with van der Waals surface area (Å²) in [4.78, 5) is 20.4. The van der Waals surface area contributed by atoms with Gasteiger partial charge in [0.2, 0.25) is 0 Å². The van der Waals surface area contributed by atoms with Gasteiger partial charge in [-0.15, -0.1) is 0 Å². The van der Waals surface area contributed by atoms with Crippen molar-refractivity contribution in [1.29, 1.82) is 0 Å². The number of carbonyl (C=O) groups is 1. The van der Waals surface area contributed by atoms with E-state index in [-0.39, 0.29) is 23.2 Å². The normalized spacial score (nSPS) is 12.2. The summed E-state index contributed by atoms with van der Waals surface area (Å²) in [5.74, 6) is -0.899. The van der Waals surface area contributed by atoms with Crippen LogP contribution in [0.3, 0.4) is 0 Å². The van der Waals surface area contributed by atoms with Crippen LogP contribution in [-0.2, 0) is 0 Å². The van der Waals surface area contributed by atoms with Crippen LogP contribution in [0.25, 0.3) is 10.8 Å². The number of nitrogens with one attached hydrogen (secondary N) is 2. The predicted octanol–water partition coefficient (Wildman–Crippen LogP) is 3.40. The molecule has 0 aliphatic rings. The Hall–Kier alpha value is -3.26. The van der Waals surface area contributed by atoms with E-state index in [1.165, 1.54) is 0 Å². The van der Waals surface area contributed by atoms with Crippen LogP contribution in [0.4, 0.5) is 21.7 Å². The molecule has 0 radical (unpaired) electrons. The Bertz CT molecular complexity index is 1020. The SMILES string of the molecule is CC(C)CC(CN)Nc1nc(Nc2cncc3ccccc23)c(C(N)=O)cc1F. The molecule has 0 spiro atoms. The van der Waals surface area contributed by atoms with Gasteiger partial charge < -0.3 is 22.1 Å². The number of benzene rings is 1. The Morgan fingerprint density at radius 2 is 1.97 bits per heavy atom. The van der Waals surface area contributed by atoms with Crippen LogP contribution in [0.5, 0.6) is 0 Å². The Balaban J connectivity index is 2.01. The topological polar surface area (TPSA) is 119 Å². The number of hydrogen-bond donors (Lipinski definition) is 4. The fraction of sp³-hybridized carbons (Fsp3) is 0.286. The molecular formula is C21H25FN6O. The molecule has 0 aliphatic carbocycles. The number of primary amides is 1. The number of nitrogens with zero attached hydrogens (tertiary/aromatic N) is 2. The van der Waals surface area contributed by atoms with Gasteiger partial charge in [-0.3, -0.25) is 9.78 Å². The maximum Gasteiger partial charge on any atom is 0.252 e. The van der Waals surface area contributed by atoms with Crippen LogP contribution in [0.15, 0.2) is 42.7 Å². The standard InChI is InChI=1S/C21H25FN6O/c1-12(2)7-14(9-23)26-21-17(22)8-16(19(24)29)20(28-21)27-18-11-25-10-13-5-3-4-6-15(13)18/h3-6,8,10-12,14H,7,9,23H2,1-2H3,(H2,24,29)(H2,26,27,28). The van der Waals surface area contributed by atoms with Crippen molar-refractivity contribution in [1.82, 2.24) is 9.97 Å². The first-order chi connectivity index (χ1) is 13.9. The van der Waals surface area contributed by atoms with Crippen molar-refractivity contribution in [2.75, 3.05) is 17.2 Å². The second-order valence-electron chi connectivity index (χ2n) is 7.32. The minimum absolute atomic E-state index is 0.0156. The molecule has 1 amide bonds. The number of carbonyl (C=O) groups excluding carboxylic acids is 1. The van der Waals surface area contributed by atoms with Crippen molar-refractivity contribution >= 4 is 34.0 Å². The van der Waals surface area contributed by atoms with E-state index in [0.717, 1.165) is 23.3 Å². The van der Waals surface area contributed by atoms with Gasteiger partial charge in [-0.25, -0.2) is 9.37 Å². The van der Waals surface area contributed by atoms with Gasteiger partial charge in [0.25, 0.3) is 5.91 Å². The number of anilines is 3. The highest BCUT2D eigenvalue weighted by molar-refractivity contribution is 6.01. The Morgan fingerprint density at radius 3 is 2.66 bits per heavy atom. The minimum atomic E-state index is -0.781. The quantitative estimate of drug-likeness (QED) is 0.463. The third-order valence-corrected chi connectivity index (χ3v) is 4.54. The molecule has 0 saturated carbocycles. The van der Waals surface area contributed by atoms with E-state index in [1.54, 1.807) is 12.4 Å². The van der Waals surface area contributed by atoms with Gasteiger partial charge in [0.1, 0.15) is 5.82 Å². The van der Waals surface area contributed by atoms with Gasteiger partial charge in [-0.05, 0) is 18.4 Å². The molecule has 0 aliphatic heterocycles. The van der Waals surface area contributed by atoms with Gasteiger partial charge in [-0.2, -0.15) is 0 Å². The van der Waals surface area contributed by atoms with Crippen LogP contribution in [0, 0.1) is 11.7 Å². The molecule has 6 N–H and O–H groups in total. The summed E-state index contributed by atoms with van der Waals surface area (Å²) in [5.41, 5.74) is 11.8. The predicted molar refractivity (Wildman–Crippen MR) is 114 cm³/mol. The number of halogens is 1. The van der Waals surface area contributed by atoms with Crippen molar-refractivity contribution in [3.05, 3.63) is 54.1 Å². The van der Waals surface area contributed by atoms with Crippen LogP contribution < -0.4 is 22.1 Å². The van der Waals surface area contributed by atoms with Gasteiger partial charge in [-0.1, -0.05) is 38.1 Å². The Labute approximate surface area is 168 Å². The average molecular weight is 396 g/mol. The van der Waals surface area contributed by atoms with Crippen LogP contribution in [0.2, 0.25) is 0 Å². The highest BCUT2D eigenvalue weighted by Crippen LogP contribution is 2.28. The van der Waals surface area contributed by atoms with Gasteiger partial charge in [0.05, 0.1) is 17.4 Å². The highest BCUT2D eigenvalue weighted by atomic mass is 19.1. The molecule has 152 valence electrons. The van der Waals surface area contributed by atoms with E-state index >= 15 is 0 Å². The van der Waals surface area contributed by atoms with Crippen molar-refractivity contribution in [2.24, 2.45) is 17.4 Å². The molecule has 3 rings (SSSR count). The average Bonchev–Trinajstić information content (AvgIpc) is 2.69. The Kier molecular flexibility index (Phi) is 6.23. The van der Waals surface area contributed by atoms with Crippen LogP contribution in [-0.4, -0.2) is 28.5 Å². The monoisotopic (exact) mass is 396 g/mol. The molecule has 3 aromatic rings. The number of rotatable bonds is 8. The largest absolute Gasteiger partial charge is 0.365 e. The fourth-order valence-electron chi connectivity index (χ4n) is 3.19. The lowest BCUT2D eigenvalue weighted by Crippen LogP contribution is -2.31. The van der Waals surface area contributed by atoms with E-state index in [9.17, 15) is 9.18 Å². The number of aromatic nitrogens is 2. The molecule has 7 nitrogen and oxygen atoms in total. The van der Waals surface area contributed by atoms with Gasteiger partial charge in [0.15, 0.2) is 11.6 Å². The lowest BCUT2D eigenvalue weighted by molar-refractivity contribution is 0.100. The second kappa shape index (κ2) is 8.83. The number of nitrogens with two attached hydrogens (primary N) is 2. The number of amides is 1. The summed E-state index contributed by atoms with van der Waals surface area (Å²) in [6, 6.07) is 8.57. The fourth-order valence-corrected chi connectivity index (χ4v) is 3.19. The number of hydrogen-bond acceptors (Lipinski definition) is 6. The molecule has 2 aromatic heterocycles. The zero-order chi connectivity index (χ0) is 21.0. The third-order valence-electron chi connectivity index (χ3n) is 4.54. The summed E-state index contributed by atoms with van der Waals surface area (Å²) in [5, 5.41) is 7.93. The maximum absolute atomic E-state index is 14.6. The summed E-state index contributed by atoms with van der Waals surface area (Å²) < 4.78 is 14.6. The molecular weight excluding hydrogens is 371 g/mol. The molecule has 1 unspecified atom stereocenters. The number of pyridine rings is 2. The smallest absolute Gasteiger partial charge is 0.252 e. The zero-order valence-electron chi connectivity index (χ0n) is 16.4. The summed E-state index contributed by atoms with van der Waals surface area (Å²) in [6.45, 7) is 4.45. The maximum atomic E-state index is 14.6. The molecule has 1 atom stereocenters. The zero-order valence-corrected chi connectivity index (χ0v) is 16.4. The lowest BCUT2D eigenvalue weighted by Gasteiger charge is -2.21. The van der Waals surface area contributed by atoms with Crippen LogP contribution in [0.1, 0.15) is 30.6 Å². The summed E-state index contributed by atoms with van der Waals surface area (Å²) in [6.07, 6.45) is 4.11. The van der Waals surface area contributed by atoms with E-state index < -0.39 is 11.7 Å². The van der Waals surface area contributed by atoms with Gasteiger partial charge >= 0.3 is 0 Å². The number of fused-ring (bicyclic) bond motifs is 1. The van der Waals surface area contributed by atoms with Crippen LogP contribution >= 0.6 is 0 Å². The molecule has 1 aromatic carbocycles. The second-order valence-corrected chi connectivity index (χ2v) is 7.32. The lowest BCUT2D eigenvalue weighted by atomic mass is 10.0. The van der Waals surface area contributed by atoms with E-state index in [2.05, 4.69) is 34.4 Å². The Morgan fingerprint density at radius 1 is 1.21 bits per heavy atom. The van der Waals surface area contributed by atoms with Crippen molar-refractivity contribution in [3.63, 3.8) is 0 Å². The highest BCUT2D eigenvalue weighted by Gasteiger charge is 2.19. The van der Waals surface area contributed by atoms with E-state index in [1.807, 2.05) is 24.3 Å². The molecule has 0 fully saturated rings. The van der Waals surface area contributed by atoms with E-state index in [4.69, 9.17) is 11.5 Å². The first-order valence-corrected chi connectivity index (χ1v) is 9.45. The van der Waals surface area contributed by atoms with Gasteiger partial charge in [0, 0.05) is 29.6 Å². The minimum Gasteiger partial charge on any atom is -0.365 e. The summed E-state index contributed by atoms with van der Waals surface area (Å²) >= 11 is 0. The molecule has 0 saturated heterocycles.